The lowest BCUT2D eigenvalue weighted by Crippen LogP contribution is -2.14. The molecule has 0 amide bonds. The van der Waals surface area contributed by atoms with Crippen LogP contribution in [-0.4, -0.2) is 0 Å². The Morgan fingerprint density at radius 3 is 1.49 bits per heavy atom. The topological polar surface area (TPSA) is 6.48 Å². The Labute approximate surface area is 407 Å². The Morgan fingerprint density at radius 1 is 0.397 bits per heavy atom. The van der Waals surface area contributed by atoms with Gasteiger partial charge >= 0.3 is 0 Å². The molecule has 2 aromatic heterocycles. The van der Waals surface area contributed by atoms with Crippen LogP contribution < -0.4 is 9.80 Å². The van der Waals surface area contributed by atoms with Gasteiger partial charge in [-0.15, -0.1) is 22.7 Å². The summed E-state index contributed by atoms with van der Waals surface area (Å²) in [6.45, 7) is 0. The van der Waals surface area contributed by atoms with Crippen molar-refractivity contribution in [2.24, 2.45) is 0 Å². The summed E-state index contributed by atoms with van der Waals surface area (Å²) in [6, 6.07) is 61.0. The van der Waals surface area contributed by atoms with E-state index < -0.39 is 0 Å². The predicted octanol–water partition coefficient (Wildman–Crippen LogP) is 20.2. The van der Waals surface area contributed by atoms with Gasteiger partial charge in [-0.05, 0) is 155 Å². The fourth-order valence-electron chi connectivity index (χ4n) is 12.9. The van der Waals surface area contributed by atoms with E-state index in [1.165, 1.54) is 182 Å². The van der Waals surface area contributed by atoms with Crippen molar-refractivity contribution in [2.45, 2.75) is 88.9 Å². The van der Waals surface area contributed by atoms with E-state index in [-0.39, 0.29) is 0 Å². The van der Waals surface area contributed by atoms with E-state index >= 15 is 0 Å². The van der Waals surface area contributed by atoms with Crippen molar-refractivity contribution in [2.75, 3.05) is 9.80 Å². The number of benzene rings is 9. The Kier molecular flexibility index (Phi) is 9.94. The molecule has 2 saturated carbocycles. The molecule has 3 aliphatic carbocycles. The maximum Gasteiger partial charge on any atom is 0.0640 e. The van der Waals surface area contributed by atoms with Crippen LogP contribution in [0.4, 0.5) is 34.1 Å². The summed E-state index contributed by atoms with van der Waals surface area (Å²) in [4.78, 5) is 6.69. The van der Waals surface area contributed by atoms with Gasteiger partial charge in [0, 0.05) is 42.5 Å². The van der Waals surface area contributed by atoms with E-state index in [4.69, 9.17) is 0 Å². The third-order valence-corrected chi connectivity index (χ3v) is 18.5. The molecule has 0 bridgehead atoms. The highest BCUT2D eigenvalue weighted by Crippen LogP contribution is 2.55. The fourth-order valence-corrected chi connectivity index (χ4v) is 15.4. The quantitative estimate of drug-likeness (QED) is 0.140. The van der Waals surface area contributed by atoms with Gasteiger partial charge in [-0.1, -0.05) is 148 Å². The Bertz CT molecular complexity index is 3720. The Hall–Kier alpha value is -6.46. The Balaban J connectivity index is 1.11. The van der Waals surface area contributed by atoms with Gasteiger partial charge in [0.05, 0.1) is 32.1 Å². The lowest BCUT2D eigenvalue weighted by atomic mass is 9.77. The molecule has 2 fully saturated rings. The standard InChI is InChI=1S/C64H54N2S2/c1-5-19-41(20-6-1)53-39-57(65(43-23-9-3-10-24-43)55-31-17-29-49-45-27-13-15-33-59(45)67-63(49)55)51-38-36-48-54(42-21-7-2-8-22-42)40-58(52-37-35-47(53)61(51)62(48)52)66(44-25-11-4-12-26-44)56-32-18-30-50-46-28-14-16-34-60(46)68-64(50)56/h3-4,9-13,15-18,23-27,29-42H,1-2,5-8,14,19-22,28H2. The molecule has 0 spiro atoms. The molecular weight excluding hydrogens is 861 g/mol. The highest BCUT2D eigenvalue weighted by Gasteiger charge is 2.31. The number of hydrogen-bond acceptors (Lipinski definition) is 4. The van der Waals surface area contributed by atoms with Gasteiger partial charge in [-0.2, -0.15) is 0 Å². The highest BCUT2D eigenvalue weighted by atomic mass is 32.1. The van der Waals surface area contributed by atoms with E-state index in [2.05, 4.69) is 180 Å². The van der Waals surface area contributed by atoms with Gasteiger partial charge in [0.25, 0.3) is 0 Å². The minimum atomic E-state index is 0.513. The first-order valence-electron chi connectivity index (χ1n) is 25.4. The molecule has 332 valence electrons. The van der Waals surface area contributed by atoms with Crippen LogP contribution in [0.25, 0.3) is 68.7 Å². The number of anilines is 6. The number of hydrogen-bond donors (Lipinski definition) is 0. The molecule has 0 aliphatic heterocycles. The number of para-hydroxylation sites is 2. The van der Waals surface area contributed by atoms with Crippen molar-refractivity contribution < 1.29 is 0 Å². The maximum atomic E-state index is 2.65. The number of thiophene rings is 2. The molecule has 3 aliphatic rings. The van der Waals surface area contributed by atoms with Crippen molar-refractivity contribution in [1.29, 1.82) is 0 Å². The number of fused-ring (bicyclic) bond motifs is 6. The summed E-state index contributed by atoms with van der Waals surface area (Å²) < 4.78 is 4.05. The van der Waals surface area contributed by atoms with Gasteiger partial charge in [-0.3, -0.25) is 0 Å². The van der Waals surface area contributed by atoms with E-state index in [0.717, 1.165) is 12.8 Å². The third kappa shape index (κ3) is 6.47. The van der Waals surface area contributed by atoms with Crippen LogP contribution in [0.5, 0.6) is 0 Å². The highest BCUT2D eigenvalue weighted by molar-refractivity contribution is 7.26. The fraction of sp³-hybridized carbons (Fsp3) is 0.219. The molecule has 2 nitrogen and oxygen atoms in total. The van der Waals surface area contributed by atoms with Crippen LogP contribution in [0.3, 0.4) is 0 Å². The molecule has 0 radical (unpaired) electrons. The van der Waals surface area contributed by atoms with Crippen molar-refractivity contribution in [3.63, 3.8) is 0 Å². The minimum absolute atomic E-state index is 0.513. The SMILES string of the molecule is C1=Cc2sc3c(N(c4ccccc4)c4cc(C5CCCCC5)c5ccc6c(N(c7ccccc7)c7cccc8c7sc7ccccc78)cc(C7CCCCC7)c7ccc4c5c76)cccc3c2CC1. The number of nitrogens with zero attached hydrogens (tertiary/aromatic N) is 2. The molecule has 0 atom stereocenters. The summed E-state index contributed by atoms with van der Waals surface area (Å²) in [7, 11) is 0. The first kappa shape index (κ1) is 40.6. The van der Waals surface area contributed by atoms with Crippen molar-refractivity contribution >= 4 is 125 Å². The molecule has 0 unspecified atom stereocenters. The van der Waals surface area contributed by atoms with Crippen LogP contribution in [0, 0.1) is 0 Å². The van der Waals surface area contributed by atoms with Crippen molar-refractivity contribution in [3.8, 4) is 0 Å². The molecule has 11 aromatic rings. The second-order valence-corrected chi connectivity index (χ2v) is 21.9. The van der Waals surface area contributed by atoms with Crippen LogP contribution in [0.2, 0.25) is 0 Å². The maximum absolute atomic E-state index is 2.65. The lowest BCUT2D eigenvalue weighted by Gasteiger charge is -2.33. The van der Waals surface area contributed by atoms with Crippen LogP contribution in [0.15, 0.2) is 164 Å². The second kappa shape index (κ2) is 16.6. The number of allylic oxidation sites excluding steroid dienone is 1. The molecule has 14 rings (SSSR count). The van der Waals surface area contributed by atoms with Gasteiger partial charge in [0.2, 0.25) is 0 Å². The van der Waals surface area contributed by atoms with Crippen LogP contribution in [-0.2, 0) is 6.42 Å². The Morgan fingerprint density at radius 2 is 0.897 bits per heavy atom. The van der Waals surface area contributed by atoms with E-state index in [9.17, 15) is 0 Å². The van der Waals surface area contributed by atoms with Gasteiger partial charge in [0.15, 0.2) is 0 Å². The second-order valence-electron chi connectivity index (χ2n) is 19.8. The molecule has 4 heteroatoms. The minimum Gasteiger partial charge on any atom is -0.308 e. The average Bonchev–Trinajstić information content (AvgIpc) is 3.99. The summed E-state index contributed by atoms with van der Waals surface area (Å²) in [5, 5.41) is 12.5. The molecule has 9 aromatic carbocycles. The zero-order valence-corrected chi connectivity index (χ0v) is 40.1. The number of aryl methyl sites for hydroxylation is 1. The molecule has 0 N–H and O–H groups in total. The summed E-state index contributed by atoms with van der Waals surface area (Å²) >= 11 is 3.91. The van der Waals surface area contributed by atoms with Crippen molar-refractivity contribution in [3.05, 3.63) is 185 Å². The first-order valence-corrected chi connectivity index (χ1v) is 27.0. The van der Waals surface area contributed by atoms with Crippen molar-refractivity contribution in [1.82, 2.24) is 0 Å². The van der Waals surface area contributed by atoms with Gasteiger partial charge in [0.1, 0.15) is 0 Å². The largest absolute Gasteiger partial charge is 0.308 e. The lowest BCUT2D eigenvalue weighted by molar-refractivity contribution is 0.445. The number of rotatable bonds is 8. The normalized spacial score (nSPS) is 15.9. The van der Waals surface area contributed by atoms with Gasteiger partial charge < -0.3 is 9.80 Å². The molecule has 0 saturated heterocycles. The summed E-state index contributed by atoms with van der Waals surface area (Å²) in [5.74, 6) is 1.03. The molecule has 68 heavy (non-hydrogen) atoms. The first-order chi connectivity index (χ1) is 33.8. The van der Waals surface area contributed by atoms with Crippen LogP contribution in [0.1, 0.15) is 104 Å². The zero-order valence-electron chi connectivity index (χ0n) is 38.5. The third-order valence-electron chi connectivity index (χ3n) is 16.0. The smallest absolute Gasteiger partial charge is 0.0640 e. The summed E-state index contributed by atoms with van der Waals surface area (Å²) in [6.07, 6.45) is 19.8. The zero-order chi connectivity index (χ0) is 44.7. The average molecular weight is 915 g/mol. The van der Waals surface area contributed by atoms with Gasteiger partial charge in [-0.25, -0.2) is 0 Å². The van der Waals surface area contributed by atoms with Crippen LogP contribution >= 0.6 is 22.7 Å². The predicted molar refractivity (Wildman–Crippen MR) is 297 cm³/mol. The van der Waals surface area contributed by atoms with E-state index in [1.54, 1.807) is 0 Å². The monoisotopic (exact) mass is 914 g/mol. The van der Waals surface area contributed by atoms with E-state index in [0.29, 0.717) is 11.8 Å². The van der Waals surface area contributed by atoms with E-state index in [1.807, 2.05) is 22.7 Å². The summed E-state index contributed by atoms with van der Waals surface area (Å²) in [5.41, 5.74) is 12.1. The molecule has 2 heterocycles. The molecular formula is C64H54N2S2.